The Hall–Kier alpha value is -2.08. The Morgan fingerprint density at radius 1 is 1.43 bits per heavy atom. The number of carboxylic acid groups (broad SMARTS) is 1. The van der Waals surface area contributed by atoms with E-state index in [2.05, 4.69) is 29.5 Å². The van der Waals surface area contributed by atoms with Gasteiger partial charge < -0.3 is 15.7 Å². The van der Waals surface area contributed by atoms with Crippen molar-refractivity contribution in [3.05, 3.63) is 29.8 Å². The predicted octanol–water partition coefficient (Wildman–Crippen LogP) is 1.99. The average Bonchev–Trinajstić information content (AvgIpc) is 3.28. The lowest BCUT2D eigenvalue weighted by Crippen LogP contribution is -2.42. The highest BCUT2D eigenvalue weighted by molar-refractivity contribution is 5.93. The monoisotopic (exact) mass is 291 g/mol. The van der Waals surface area contributed by atoms with Crippen LogP contribution in [0.3, 0.4) is 0 Å². The highest BCUT2D eigenvalue weighted by atomic mass is 16.4. The number of hydrogen-bond donors (Lipinski definition) is 3. The van der Waals surface area contributed by atoms with Gasteiger partial charge in [0.05, 0.1) is 5.56 Å². The molecule has 1 aromatic carbocycles. The van der Waals surface area contributed by atoms with Crippen LogP contribution in [-0.2, 0) is 0 Å². The number of amides is 2. The Balaban J connectivity index is 1.81. The van der Waals surface area contributed by atoms with Gasteiger partial charge >= 0.3 is 12.0 Å². The molecule has 1 unspecified atom stereocenters. The van der Waals surface area contributed by atoms with Crippen LogP contribution in [0.15, 0.2) is 24.3 Å². The molecule has 0 bridgehead atoms. The number of carbonyl (C=O) groups excluding carboxylic acids is 1. The van der Waals surface area contributed by atoms with E-state index in [4.69, 9.17) is 5.11 Å². The van der Waals surface area contributed by atoms with Gasteiger partial charge in [-0.25, -0.2) is 9.59 Å². The summed E-state index contributed by atoms with van der Waals surface area (Å²) in [7, 11) is 2.07. The first kappa shape index (κ1) is 15.3. The summed E-state index contributed by atoms with van der Waals surface area (Å²) in [4.78, 5) is 25.0. The second-order valence-corrected chi connectivity index (χ2v) is 5.47. The lowest BCUT2D eigenvalue weighted by atomic mass is 10.2. The van der Waals surface area contributed by atoms with Crippen molar-refractivity contribution in [1.82, 2.24) is 10.2 Å². The van der Waals surface area contributed by atoms with Crippen LogP contribution in [0.25, 0.3) is 0 Å². The molecule has 1 aromatic rings. The number of nitrogens with one attached hydrogen (secondary N) is 2. The molecule has 0 heterocycles. The minimum absolute atomic E-state index is 0.148. The Labute approximate surface area is 124 Å². The first-order valence-electron chi connectivity index (χ1n) is 7.07. The second-order valence-electron chi connectivity index (χ2n) is 5.47. The summed E-state index contributed by atoms with van der Waals surface area (Å²) >= 11 is 0. The van der Waals surface area contributed by atoms with Crippen LogP contribution >= 0.6 is 0 Å². The van der Waals surface area contributed by atoms with E-state index in [1.165, 1.54) is 25.0 Å². The SMILES string of the molecule is CC(CNC(=O)Nc1cccc(C(=O)O)c1)N(C)C1CC1. The molecular formula is C15H21N3O3. The molecule has 2 rings (SSSR count). The molecule has 0 saturated heterocycles. The minimum atomic E-state index is -1.02. The lowest BCUT2D eigenvalue weighted by molar-refractivity contribution is 0.0697. The fraction of sp³-hybridized carbons (Fsp3) is 0.467. The molecule has 114 valence electrons. The van der Waals surface area contributed by atoms with E-state index in [1.807, 2.05) is 0 Å². The third-order valence-corrected chi connectivity index (χ3v) is 3.74. The fourth-order valence-electron chi connectivity index (χ4n) is 2.13. The Morgan fingerprint density at radius 2 is 2.14 bits per heavy atom. The van der Waals surface area contributed by atoms with Crippen LogP contribution in [0.4, 0.5) is 10.5 Å². The summed E-state index contributed by atoms with van der Waals surface area (Å²) in [6, 6.07) is 6.77. The number of carboxylic acids is 1. The van der Waals surface area contributed by atoms with Crippen molar-refractivity contribution in [2.75, 3.05) is 18.9 Å². The van der Waals surface area contributed by atoms with Gasteiger partial charge in [-0.2, -0.15) is 0 Å². The van der Waals surface area contributed by atoms with Gasteiger partial charge in [0.2, 0.25) is 0 Å². The van der Waals surface area contributed by atoms with E-state index in [-0.39, 0.29) is 17.6 Å². The lowest BCUT2D eigenvalue weighted by Gasteiger charge is -2.24. The van der Waals surface area contributed by atoms with Crippen molar-refractivity contribution >= 4 is 17.7 Å². The molecule has 0 aromatic heterocycles. The maximum atomic E-state index is 11.8. The van der Waals surface area contributed by atoms with Gasteiger partial charge in [0, 0.05) is 24.3 Å². The molecule has 1 saturated carbocycles. The minimum Gasteiger partial charge on any atom is -0.478 e. The largest absolute Gasteiger partial charge is 0.478 e. The Bertz CT molecular complexity index is 529. The normalized spacial score (nSPS) is 15.6. The highest BCUT2D eigenvalue weighted by Gasteiger charge is 2.29. The molecule has 0 spiro atoms. The zero-order valence-corrected chi connectivity index (χ0v) is 12.3. The van der Waals surface area contributed by atoms with Crippen molar-refractivity contribution in [3.63, 3.8) is 0 Å². The Kier molecular flexibility index (Phi) is 4.80. The zero-order chi connectivity index (χ0) is 15.4. The van der Waals surface area contributed by atoms with Crippen LogP contribution in [0.1, 0.15) is 30.1 Å². The summed E-state index contributed by atoms with van der Waals surface area (Å²) in [5, 5.41) is 14.4. The maximum absolute atomic E-state index is 11.8. The maximum Gasteiger partial charge on any atom is 0.335 e. The molecule has 6 heteroatoms. The third-order valence-electron chi connectivity index (χ3n) is 3.74. The number of hydrogen-bond acceptors (Lipinski definition) is 3. The van der Waals surface area contributed by atoms with Gasteiger partial charge in [0.1, 0.15) is 0 Å². The molecular weight excluding hydrogens is 270 g/mol. The fourth-order valence-corrected chi connectivity index (χ4v) is 2.13. The van der Waals surface area contributed by atoms with E-state index in [1.54, 1.807) is 12.1 Å². The van der Waals surface area contributed by atoms with Gasteiger partial charge in [-0.1, -0.05) is 6.07 Å². The molecule has 1 atom stereocenters. The van der Waals surface area contributed by atoms with E-state index in [9.17, 15) is 9.59 Å². The number of benzene rings is 1. The molecule has 1 aliphatic carbocycles. The molecule has 21 heavy (non-hydrogen) atoms. The van der Waals surface area contributed by atoms with Gasteiger partial charge in [0.25, 0.3) is 0 Å². The van der Waals surface area contributed by atoms with E-state index in [0.29, 0.717) is 18.3 Å². The summed E-state index contributed by atoms with van der Waals surface area (Å²) in [6.07, 6.45) is 2.46. The number of rotatable bonds is 6. The quantitative estimate of drug-likeness (QED) is 0.748. The van der Waals surface area contributed by atoms with Crippen molar-refractivity contribution < 1.29 is 14.7 Å². The standard InChI is InChI=1S/C15H21N3O3/c1-10(18(2)13-6-7-13)9-16-15(21)17-12-5-3-4-11(8-12)14(19)20/h3-5,8,10,13H,6-7,9H2,1-2H3,(H,19,20)(H2,16,17,21). The summed E-state index contributed by atoms with van der Waals surface area (Å²) < 4.78 is 0. The molecule has 1 fully saturated rings. The van der Waals surface area contributed by atoms with Gasteiger partial charge in [-0.05, 0) is 45.0 Å². The Morgan fingerprint density at radius 3 is 2.76 bits per heavy atom. The number of carbonyl (C=O) groups is 2. The molecule has 0 radical (unpaired) electrons. The van der Waals surface area contributed by atoms with Crippen molar-refractivity contribution in [1.29, 1.82) is 0 Å². The van der Waals surface area contributed by atoms with Crippen molar-refractivity contribution in [3.8, 4) is 0 Å². The van der Waals surface area contributed by atoms with Crippen LogP contribution in [-0.4, -0.2) is 47.7 Å². The van der Waals surface area contributed by atoms with E-state index in [0.717, 1.165) is 0 Å². The highest BCUT2D eigenvalue weighted by Crippen LogP contribution is 2.26. The topological polar surface area (TPSA) is 81.7 Å². The smallest absolute Gasteiger partial charge is 0.335 e. The molecule has 6 nitrogen and oxygen atoms in total. The summed E-state index contributed by atoms with van der Waals surface area (Å²) in [5.74, 6) is -1.02. The summed E-state index contributed by atoms with van der Waals surface area (Å²) in [5.41, 5.74) is 0.616. The van der Waals surface area contributed by atoms with Crippen LogP contribution in [0.2, 0.25) is 0 Å². The van der Waals surface area contributed by atoms with Gasteiger partial charge in [-0.15, -0.1) is 0 Å². The van der Waals surface area contributed by atoms with Gasteiger partial charge in [-0.3, -0.25) is 4.90 Å². The van der Waals surface area contributed by atoms with Gasteiger partial charge in [0.15, 0.2) is 0 Å². The molecule has 3 N–H and O–H groups in total. The van der Waals surface area contributed by atoms with Crippen molar-refractivity contribution in [2.24, 2.45) is 0 Å². The first-order valence-corrected chi connectivity index (χ1v) is 7.07. The number of likely N-dealkylation sites (N-methyl/N-ethyl adjacent to an activating group) is 1. The van der Waals surface area contributed by atoms with E-state index < -0.39 is 5.97 Å². The molecule has 1 aliphatic rings. The first-order chi connectivity index (χ1) is 9.97. The zero-order valence-electron chi connectivity index (χ0n) is 12.3. The van der Waals surface area contributed by atoms with Crippen LogP contribution in [0.5, 0.6) is 0 Å². The summed E-state index contributed by atoms with van der Waals surface area (Å²) in [6.45, 7) is 2.63. The molecule has 2 amide bonds. The number of aromatic carboxylic acids is 1. The number of nitrogens with zero attached hydrogens (tertiary/aromatic N) is 1. The third kappa shape index (κ3) is 4.46. The number of anilines is 1. The van der Waals surface area contributed by atoms with E-state index >= 15 is 0 Å². The van der Waals surface area contributed by atoms with Crippen LogP contribution < -0.4 is 10.6 Å². The van der Waals surface area contributed by atoms with Crippen LogP contribution in [0, 0.1) is 0 Å². The number of urea groups is 1. The second kappa shape index (κ2) is 6.58. The molecule has 0 aliphatic heterocycles. The van der Waals surface area contributed by atoms with Crippen molar-refractivity contribution in [2.45, 2.75) is 31.8 Å². The average molecular weight is 291 g/mol. The predicted molar refractivity (Wildman–Crippen MR) is 80.7 cm³/mol.